The maximum atomic E-state index is 5.25. The van der Waals surface area contributed by atoms with Crippen LogP contribution in [0.15, 0.2) is 84.0 Å². The van der Waals surface area contributed by atoms with E-state index in [1.165, 1.54) is 16.7 Å². The van der Waals surface area contributed by atoms with Crippen molar-refractivity contribution in [3.63, 3.8) is 0 Å². The van der Waals surface area contributed by atoms with Gasteiger partial charge in [-0.3, -0.25) is 4.57 Å². The predicted octanol–water partition coefficient (Wildman–Crippen LogP) is 5.47. The van der Waals surface area contributed by atoms with Crippen LogP contribution in [0, 0.1) is 6.92 Å². The number of rotatable bonds is 7. The SMILES string of the molecule is COc1ccc(CSc2nnc(Cc3ccccc3)n2-c2cccc(C)c2)cc1. The average molecular weight is 402 g/mol. The lowest BCUT2D eigenvalue weighted by atomic mass is 10.1. The Balaban J connectivity index is 1.63. The summed E-state index contributed by atoms with van der Waals surface area (Å²) in [5.41, 5.74) is 4.76. The minimum absolute atomic E-state index is 0.741. The van der Waals surface area contributed by atoms with Crippen molar-refractivity contribution in [2.24, 2.45) is 0 Å². The van der Waals surface area contributed by atoms with Gasteiger partial charge in [0, 0.05) is 17.9 Å². The van der Waals surface area contributed by atoms with Crippen LogP contribution in [0.25, 0.3) is 5.69 Å². The van der Waals surface area contributed by atoms with E-state index in [0.717, 1.165) is 34.6 Å². The van der Waals surface area contributed by atoms with E-state index < -0.39 is 0 Å². The summed E-state index contributed by atoms with van der Waals surface area (Å²) in [7, 11) is 1.68. The zero-order valence-electron chi connectivity index (χ0n) is 16.6. The Hall–Kier alpha value is -3.05. The van der Waals surface area contributed by atoms with Gasteiger partial charge in [0.15, 0.2) is 5.16 Å². The molecule has 1 aromatic heterocycles. The minimum atomic E-state index is 0.741. The summed E-state index contributed by atoms with van der Waals surface area (Å²) >= 11 is 1.69. The monoisotopic (exact) mass is 401 g/mol. The third kappa shape index (κ3) is 4.69. The Labute approximate surface area is 175 Å². The predicted molar refractivity (Wildman–Crippen MR) is 118 cm³/mol. The molecular weight excluding hydrogens is 378 g/mol. The summed E-state index contributed by atoms with van der Waals surface area (Å²) < 4.78 is 7.42. The van der Waals surface area contributed by atoms with Crippen LogP contribution < -0.4 is 4.74 Å². The number of ether oxygens (including phenoxy) is 1. The molecule has 0 amide bonds. The first-order valence-corrected chi connectivity index (χ1v) is 10.5. The molecule has 4 rings (SSSR count). The van der Waals surface area contributed by atoms with Crippen LogP contribution in [0.3, 0.4) is 0 Å². The summed E-state index contributed by atoms with van der Waals surface area (Å²) in [6.45, 7) is 2.11. The highest BCUT2D eigenvalue weighted by Gasteiger charge is 2.15. The molecule has 0 N–H and O–H groups in total. The summed E-state index contributed by atoms with van der Waals surface area (Å²) in [6, 6.07) is 27.0. The van der Waals surface area contributed by atoms with Crippen molar-refractivity contribution < 1.29 is 4.74 Å². The number of benzene rings is 3. The molecule has 0 aliphatic heterocycles. The van der Waals surface area contributed by atoms with Crippen molar-refractivity contribution in [1.82, 2.24) is 14.8 Å². The number of hydrogen-bond acceptors (Lipinski definition) is 4. The number of thioether (sulfide) groups is 1. The minimum Gasteiger partial charge on any atom is -0.497 e. The lowest BCUT2D eigenvalue weighted by Gasteiger charge is -2.11. The van der Waals surface area contributed by atoms with E-state index in [-0.39, 0.29) is 0 Å². The van der Waals surface area contributed by atoms with E-state index in [0.29, 0.717) is 0 Å². The lowest BCUT2D eigenvalue weighted by molar-refractivity contribution is 0.414. The fourth-order valence-corrected chi connectivity index (χ4v) is 4.11. The Morgan fingerprint density at radius 2 is 1.66 bits per heavy atom. The van der Waals surface area contributed by atoms with E-state index in [4.69, 9.17) is 4.74 Å². The molecule has 146 valence electrons. The van der Waals surface area contributed by atoms with Crippen LogP contribution in [-0.4, -0.2) is 21.9 Å². The molecule has 5 heteroatoms. The first kappa shape index (κ1) is 19.3. The standard InChI is InChI=1S/C24H23N3OS/c1-18-7-6-10-21(15-18)27-23(16-19-8-4-3-5-9-19)25-26-24(27)29-17-20-11-13-22(28-2)14-12-20/h3-15H,16-17H2,1-2H3. The van der Waals surface area contributed by atoms with Crippen LogP contribution in [-0.2, 0) is 12.2 Å². The van der Waals surface area contributed by atoms with Gasteiger partial charge in [0.1, 0.15) is 11.6 Å². The van der Waals surface area contributed by atoms with Gasteiger partial charge < -0.3 is 4.74 Å². The Morgan fingerprint density at radius 3 is 2.38 bits per heavy atom. The molecule has 0 radical (unpaired) electrons. The van der Waals surface area contributed by atoms with Gasteiger partial charge in [-0.15, -0.1) is 10.2 Å². The molecule has 3 aromatic carbocycles. The van der Waals surface area contributed by atoms with Gasteiger partial charge in [-0.25, -0.2) is 0 Å². The van der Waals surface area contributed by atoms with E-state index in [1.54, 1.807) is 18.9 Å². The normalized spacial score (nSPS) is 10.8. The fraction of sp³-hybridized carbons (Fsp3) is 0.167. The first-order valence-electron chi connectivity index (χ1n) is 9.54. The first-order chi connectivity index (χ1) is 14.2. The number of aromatic nitrogens is 3. The summed E-state index contributed by atoms with van der Waals surface area (Å²) in [4.78, 5) is 0. The van der Waals surface area contributed by atoms with E-state index in [9.17, 15) is 0 Å². The Bertz CT molecular complexity index is 1070. The molecule has 0 aliphatic carbocycles. The highest BCUT2D eigenvalue weighted by atomic mass is 32.2. The van der Waals surface area contributed by atoms with Gasteiger partial charge >= 0.3 is 0 Å². The molecule has 0 spiro atoms. The molecule has 0 bridgehead atoms. The highest BCUT2D eigenvalue weighted by Crippen LogP contribution is 2.27. The van der Waals surface area contributed by atoms with Gasteiger partial charge in [-0.1, -0.05) is 66.4 Å². The van der Waals surface area contributed by atoms with Gasteiger partial charge in [0.25, 0.3) is 0 Å². The fourth-order valence-electron chi connectivity index (χ4n) is 3.18. The van der Waals surface area contributed by atoms with Crippen LogP contribution in [0.2, 0.25) is 0 Å². The zero-order chi connectivity index (χ0) is 20.1. The molecule has 0 fully saturated rings. The molecule has 0 unspecified atom stereocenters. The second-order valence-corrected chi connectivity index (χ2v) is 7.81. The maximum Gasteiger partial charge on any atom is 0.196 e. The van der Waals surface area contributed by atoms with Crippen molar-refractivity contribution in [1.29, 1.82) is 0 Å². The maximum absolute atomic E-state index is 5.25. The largest absolute Gasteiger partial charge is 0.497 e. The topological polar surface area (TPSA) is 39.9 Å². The van der Waals surface area contributed by atoms with Crippen LogP contribution in [0.4, 0.5) is 0 Å². The third-order valence-electron chi connectivity index (χ3n) is 4.69. The quantitative estimate of drug-likeness (QED) is 0.385. The molecule has 4 nitrogen and oxygen atoms in total. The summed E-state index contributed by atoms with van der Waals surface area (Å²) in [6.07, 6.45) is 0.741. The van der Waals surface area contributed by atoms with Crippen molar-refractivity contribution in [3.05, 3.63) is 101 Å². The molecule has 29 heavy (non-hydrogen) atoms. The molecule has 0 aliphatic rings. The van der Waals surface area contributed by atoms with Crippen molar-refractivity contribution in [2.45, 2.75) is 24.3 Å². The van der Waals surface area contributed by atoms with Gasteiger partial charge in [0.2, 0.25) is 0 Å². The zero-order valence-corrected chi connectivity index (χ0v) is 17.4. The smallest absolute Gasteiger partial charge is 0.196 e. The lowest BCUT2D eigenvalue weighted by Crippen LogP contribution is -2.04. The number of methoxy groups -OCH3 is 1. The summed E-state index contributed by atoms with van der Waals surface area (Å²) in [5.74, 6) is 2.63. The van der Waals surface area contributed by atoms with E-state index >= 15 is 0 Å². The molecule has 4 aromatic rings. The van der Waals surface area contributed by atoms with Crippen LogP contribution >= 0.6 is 11.8 Å². The summed E-state index contributed by atoms with van der Waals surface area (Å²) in [5, 5.41) is 9.95. The highest BCUT2D eigenvalue weighted by molar-refractivity contribution is 7.98. The number of nitrogens with zero attached hydrogens (tertiary/aromatic N) is 3. The van der Waals surface area contributed by atoms with Crippen LogP contribution in [0.1, 0.15) is 22.5 Å². The molecule has 0 saturated carbocycles. The van der Waals surface area contributed by atoms with E-state index in [1.807, 2.05) is 18.2 Å². The van der Waals surface area contributed by atoms with Gasteiger partial charge in [-0.2, -0.15) is 0 Å². The Morgan fingerprint density at radius 1 is 0.862 bits per heavy atom. The molecular formula is C24H23N3OS. The Kier molecular flexibility index (Phi) is 5.96. The van der Waals surface area contributed by atoms with Crippen molar-refractivity contribution in [3.8, 4) is 11.4 Å². The van der Waals surface area contributed by atoms with Crippen LogP contribution in [0.5, 0.6) is 5.75 Å². The van der Waals surface area contributed by atoms with E-state index in [2.05, 4.69) is 82.4 Å². The van der Waals surface area contributed by atoms with Gasteiger partial charge in [-0.05, 0) is 47.9 Å². The molecule has 1 heterocycles. The van der Waals surface area contributed by atoms with Crippen molar-refractivity contribution >= 4 is 11.8 Å². The molecule has 0 saturated heterocycles. The second kappa shape index (κ2) is 8.97. The number of aryl methyl sites for hydroxylation is 1. The van der Waals surface area contributed by atoms with Gasteiger partial charge in [0.05, 0.1) is 7.11 Å². The number of hydrogen-bond donors (Lipinski definition) is 0. The second-order valence-electron chi connectivity index (χ2n) is 6.87. The third-order valence-corrected chi connectivity index (χ3v) is 5.69. The average Bonchev–Trinajstić information content (AvgIpc) is 3.15. The molecule has 0 atom stereocenters. The van der Waals surface area contributed by atoms with Crippen molar-refractivity contribution in [2.75, 3.05) is 7.11 Å².